The van der Waals surface area contributed by atoms with Crippen LogP contribution in [-0.2, 0) is 6.54 Å². The number of aromatic nitrogens is 2. The standard InChI is InChI=1S/C18H16N4O/c23-18(20-13-14-7-2-1-3-8-14)15-9-6-11-17(21-15)22-16-10-4-5-12-19-16/h1-12H,13H2,(H,20,23)(H,19,21,22). The number of amides is 1. The lowest BCUT2D eigenvalue weighted by Gasteiger charge is -2.07. The van der Waals surface area contributed by atoms with E-state index in [1.165, 1.54) is 0 Å². The van der Waals surface area contributed by atoms with Crippen molar-refractivity contribution in [2.45, 2.75) is 6.54 Å². The van der Waals surface area contributed by atoms with Crippen molar-refractivity contribution in [1.29, 1.82) is 0 Å². The average Bonchev–Trinajstić information content (AvgIpc) is 2.62. The van der Waals surface area contributed by atoms with Gasteiger partial charge in [0.2, 0.25) is 0 Å². The Morgan fingerprint density at radius 1 is 0.870 bits per heavy atom. The molecule has 2 N–H and O–H groups in total. The third kappa shape index (κ3) is 4.14. The molecule has 2 heterocycles. The van der Waals surface area contributed by atoms with Crippen LogP contribution in [0.4, 0.5) is 11.6 Å². The molecular weight excluding hydrogens is 288 g/mol. The van der Waals surface area contributed by atoms with E-state index < -0.39 is 0 Å². The summed E-state index contributed by atoms with van der Waals surface area (Å²) in [5.74, 6) is 1.05. The molecule has 114 valence electrons. The van der Waals surface area contributed by atoms with Gasteiger partial charge in [-0.25, -0.2) is 9.97 Å². The Morgan fingerprint density at radius 2 is 1.65 bits per heavy atom. The summed E-state index contributed by atoms with van der Waals surface area (Å²) in [6.45, 7) is 0.471. The van der Waals surface area contributed by atoms with Crippen molar-refractivity contribution in [2.24, 2.45) is 0 Å². The van der Waals surface area contributed by atoms with Gasteiger partial charge in [-0.15, -0.1) is 0 Å². The number of hydrogen-bond acceptors (Lipinski definition) is 4. The summed E-state index contributed by atoms with van der Waals surface area (Å²) in [6.07, 6.45) is 1.69. The molecule has 0 saturated carbocycles. The van der Waals surface area contributed by atoms with E-state index in [9.17, 15) is 4.79 Å². The van der Waals surface area contributed by atoms with Gasteiger partial charge in [-0.3, -0.25) is 4.79 Å². The molecule has 1 amide bonds. The van der Waals surface area contributed by atoms with Gasteiger partial charge in [0.15, 0.2) is 0 Å². The predicted molar refractivity (Wildman–Crippen MR) is 89.4 cm³/mol. The van der Waals surface area contributed by atoms with Gasteiger partial charge in [-0.2, -0.15) is 0 Å². The SMILES string of the molecule is O=C(NCc1ccccc1)c1cccc(Nc2ccccn2)n1. The van der Waals surface area contributed by atoms with Gasteiger partial charge in [0.05, 0.1) is 0 Å². The highest BCUT2D eigenvalue weighted by molar-refractivity contribution is 5.92. The second-order valence-corrected chi connectivity index (χ2v) is 4.92. The molecule has 0 fully saturated rings. The zero-order valence-electron chi connectivity index (χ0n) is 12.4. The first-order chi connectivity index (χ1) is 11.3. The van der Waals surface area contributed by atoms with Crippen LogP contribution in [-0.4, -0.2) is 15.9 Å². The second kappa shape index (κ2) is 7.17. The molecule has 5 nitrogen and oxygen atoms in total. The zero-order chi connectivity index (χ0) is 15.9. The Hall–Kier alpha value is -3.21. The molecule has 0 atom stereocenters. The summed E-state index contributed by atoms with van der Waals surface area (Å²) in [5, 5.41) is 5.93. The van der Waals surface area contributed by atoms with E-state index in [1.54, 1.807) is 24.4 Å². The van der Waals surface area contributed by atoms with Crippen LogP contribution in [0.5, 0.6) is 0 Å². The van der Waals surface area contributed by atoms with Crippen molar-refractivity contribution >= 4 is 17.5 Å². The van der Waals surface area contributed by atoms with E-state index in [0.717, 1.165) is 5.56 Å². The van der Waals surface area contributed by atoms with Crippen molar-refractivity contribution in [3.8, 4) is 0 Å². The number of benzene rings is 1. The molecule has 0 saturated heterocycles. The normalized spacial score (nSPS) is 10.1. The van der Waals surface area contributed by atoms with Crippen LogP contribution in [0.3, 0.4) is 0 Å². The van der Waals surface area contributed by atoms with Crippen molar-refractivity contribution in [1.82, 2.24) is 15.3 Å². The topological polar surface area (TPSA) is 66.9 Å². The molecule has 0 unspecified atom stereocenters. The summed E-state index contributed by atoms with van der Waals surface area (Å²) in [6, 6.07) is 20.6. The van der Waals surface area contributed by atoms with E-state index >= 15 is 0 Å². The molecule has 1 aromatic carbocycles. The smallest absolute Gasteiger partial charge is 0.270 e. The number of carbonyl (C=O) groups is 1. The molecule has 3 rings (SSSR count). The van der Waals surface area contributed by atoms with Crippen LogP contribution in [0.25, 0.3) is 0 Å². The summed E-state index contributed by atoms with van der Waals surface area (Å²) in [4.78, 5) is 20.7. The van der Waals surface area contributed by atoms with Crippen molar-refractivity contribution in [3.05, 3.63) is 84.2 Å². The van der Waals surface area contributed by atoms with Crippen LogP contribution in [0, 0.1) is 0 Å². The van der Waals surface area contributed by atoms with Crippen LogP contribution in [0.2, 0.25) is 0 Å². The fourth-order valence-electron chi connectivity index (χ4n) is 2.07. The lowest BCUT2D eigenvalue weighted by Crippen LogP contribution is -2.23. The van der Waals surface area contributed by atoms with Crippen LogP contribution < -0.4 is 10.6 Å². The van der Waals surface area contributed by atoms with Gasteiger partial charge < -0.3 is 10.6 Å². The fraction of sp³-hybridized carbons (Fsp3) is 0.0556. The van der Waals surface area contributed by atoms with Gasteiger partial charge in [0.25, 0.3) is 5.91 Å². The first-order valence-corrected chi connectivity index (χ1v) is 7.28. The number of nitrogens with zero attached hydrogens (tertiary/aromatic N) is 2. The number of hydrogen-bond donors (Lipinski definition) is 2. The largest absolute Gasteiger partial charge is 0.347 e. The number of rotatable bonds is 5. The van der Waals surface area contributed by atoms with E-state index in [2.05, 4.69) is 20.6 Å². The van der Waals surface area contributed by atoms with Crippen molar-refractivity contribution in [3.63, 3.8) is 0 Å². The Kier molecular flexibility index (Phi) is 4.59. The minimum atomic E-state index is -0.210. The van der Waals surface area contributed by atoms with E-state index in [4.69, 9.17) is 0 Å². The first-order valence-electron chi connectivity index (χ1n) is 7.28. The third-order valence-corrected chi connectivity index (χ3v) is 3.20. The van der Waals surface area contributed by atoms with Crippen molar-refractivity contribution in [2.75, 3.05) is 5.32 Å². The first kappa shape index (κ1) is 14.7. The summed E-state index contributed by atoms with van der Waals surface area (Å²) >= 11 is 0. The number of carbonyl (C=O) groups excluding carboxylic acids is 1. The maximum atomic E-state index is 12.2. The molecule has 0 spiro atoms. The van der Waals surface area contributed by atoms with E-state index in [-0.39, 0.29) is 5.91 Å². The molecule has 2 aromatic heterocycles. The van der Waals surface area contributed by atoms with E-state index in [1.807, 2.05) is 48.5 Å². The number of pyridine rings is 2. The average molecular weight is 304 g/mol. The third-order valence-electron chi connectivity index (χ3n) is 3.20. The maximum absolute atomic E-state index is 12.2. The molecular formula is C18H16N4O. The van der Waals surface area contributed by atoms with Gasteiger partial charge in [0, 0.05) is 12.7 Å². The minimum Gasteiger partial charge on any atom is -0.347 e. The van der Waals surface area contributed by atoms with Gasteiger partial charge in [-0.1, -0.05) is 42.5 Å². The monoisotopic (exact) mass is 304 g/mol. The Labute approximate surface area is 134 Å². The quantitative estimate of drug-likeness (QED) is 0.760. The molecule has 3 aromatic rings. The summed E-state index contributed by atoms with van der Waals surface area (Å²) < 4.78 is 0. The van der Waals surface area contributed by atoms with Crippen molar-refractivity contribution < 1.29 is 4.79 Å². The predicted octanol–water partition coefficient (Wildman–Crippen LogP) is 3.15. The minimum absolute atomic E-state index is 0.210. The Morgan fingerprint density at radius 3 is 2.43 bits per heavy atom. The molecule has 0 aliphatic heterocycles. The molecule has 0 aliphatic rings. The maximum Gasteiger partial charge on any atom is 0.270 e. The van der Waals surface area contributed by atoms with Gasteiger partial charge in [0.1, 0.15) is 17.3 Å². The Bertz CT molecular complexity index is 775. The van der Waals surface area contributed by atoms with Gasteiger partial charge in [-0.05, 0) is 29.8 Å². The Balaban J connectivity index is 1.65. The summed E-state index contributed by atoms with van der Waals surface area (Å²) in [7, 11) is 0. The van der Waals surface area contributed by atoms with E-state index in [0.29, 0.717) is 23.9 Å². The molecule has 23 heavy (non-hydrogen) atoms. The van der Waals surface area contributed by atoms with Crippen LogP contribution >= 0.6 is 0 Å². The molecule has 5 heteroatoms. The lowest BCUT2D eigenvalue weighted by molar-refractivity contribution is 0.0946. The zero-order valence-corrected chi connectivity index (χ0v) is 12.4. The number of anilines is 2. The highest BCUT2D eigenvalue weighted by atomic mass is 16.1. The molecule has 0 bridgehead atoms. The van der Waals surface area contributed by atoms with Gasteiger partial charge >= 0.3 is 0 Å². The fourth-order valence-corrected chi connectivity index (χ4v) is 2.07. The molecule has 0 aliphatic carbocycles. The number of nitrogens with one attached hydrogen (secondary N) is 2. The highest BCUT2D eigenvalue weighted by Gasteiger charge is 2.08. The summed E-state index contributed by atoms with van der Waals surface area (Å²) in [5.41, 5.74) is 1.41. The second-order valence-electron chi connectivity index (χ2n) is 4.92. The lowest BCUT2D eigenvalue weighted by atomic mass is 10.2. The van der Waals surface area contributed by atoms with Crippen LogP contribution in [0.1, 0.15) is 16.1 Å². The van der Waals surface area contributed by atoms with Crippen LogP contribution in [0.15, 0.2) is 72.9 Å². The molecule has 0 radical (unpaired) electrons. The highest BCUT2D eigenvalue weighted by Crippen LogP contribution is 2.11.